The van der Waals surface area contributed by atoms with Gasteiger partial charge >= 0.3 is 11.7 Å². The van der Waals surface area contributed by atoms with Crippen LogP contribution in [0.25, 0.3) is 0 Å². The summed E-state index contributed by atoms with van der Waals surface area (Å²) in [6, 6.07) is 0.964. The summed E-state index contributed by atoms with van der Waals surface area (Å²) in [6.45, 7) is 2.49. The number of hydrogen-bond acceptors (Lipinski definition) is 5. The van der Waals surface area contributed by atoms with Crippen molar-refractivity contribution in [2.45, 2.75) is 45.4 Å². The van der Waals surface area contributed by atoms with Crippen LogP contribution in [0.1, 0.15) is 55.8 Å². The van der Waals surface area contributed by atoms with E-state index in [1.807, 2.05) is 0 Å². The number of aromatic carboxylic acids is 1. The predicted molar refractivity (Wildman–Crippen MR) is 76.7 cm³/mol. The predicted octanol–water partition coefficient (Wildman–Crippen LogP) is 3.43. The molecular weight excluding hydrogens is 276 g/mol. The van der Waals surface area contributed by atoms with Crippen LogP contribution in [0, 0.1) is 10.1 Å². The molecule has 0 radical (unpaired) electrons. The van der Waals surface area contributed by atoms with Crippen LogP contribution in [0.5, 0.6) is 5.88 Å². The fourth-order valence-electron chi connectivity index (χ4n) is 1.85. The lowest BCUT2D eigenvalue weighted by Gasteiger charge is -2.06. The summed E-state index contributed by atoms with van der Waals surface area (Å²) in [6.07, 6.45) is 7.55. The van der Waals surface area contributed by atoms with E-state index in [2.05, 4.69) is 11.9 Å². The van der Waals surface area contributed by atoms with E-state index in [1.165, 1.54) is 19.3 Å². The molecule has 7 heteroatoms. The zero-order valence-electron chi connectivity index (χ0n) is 12.1. The van der Waals surface area contributed by atoms with Crippen LogP contribution < -0.4 is 4.74 Å². The molecule has 0 aliphatic carbocycles. The van der Waals surface area contributed by atoms with Gasteiger partial charge in [0.05, 0.1) is 17.1 Å². The molecule has 1 aromatic heterocycles. The van der Waals surface area contributed by atoms with E-state index < -0.39 is 16.6 Å². The summed E-state index contributed by atoms with van der Waals surface area (Å²) in [5.74, 6) is -1.38. The molecule has 0 aliphatic heterocycles. The number of carboxylic acids is 1. The Labute approximate surface area is 123 Å². The van der Waals surface area contributed by atoms with Gasteiger partial charge in [0.1, 0.15) is 0 Å². The Morgan fingerprint density at radius 2 is 2.00 bits per heavy atom. The molecule has 0 aromatic carbocycles. The largest absolute Gasteiger partial charge is 0.478 e. The Balaban J connectivity index is 2.51. The minimum absolute atomic E-state index is 0.126. The van der Waals surface area contributed by atoms with Crippen molar-refractivity contribution in [3.05, 3.63) is 27.9 Å². The average Bonchev–Trinajstić information content (AvgIpc) is 2.46. The average molecular weight is 296 g/mol. The van der Waals surface area contributed by atoms with Crippen LogP contribution in [-0.2, 0) is 0 Å². The number of carbonyl (C=O) groups is 1. The summed E-state index contributed by atoms with van der Waals surface area (Å²) in [5.41, 5.74) is -0.644. The molecule has 0 bridgehead atoms. The second-order valence-corrected chi connectivity index (χ2v) is 4.73. The number of pyridine rings is 1. The summed E-state index contributed by atoms with van der Waals surface area (Å²) < 4.78 is 5.29. The number of hydrogen-bond donors (Lipinski definition) is 1. The minimum atomic E-state index is -1.26. The van der Waals surface area contributed by atoms with Gasteiger partial charge in [-0.25, -0.2) is 9.78 Å². The zero-order valence-corrected chi connectivity index (χ0v) is 12.1. The molecule has 0 saturated carbocycles. The first-order valence-corrected chi connectivity index (χ1v) is 7.06. The van der Waals surface area contributed by atoms with E-state index in [4.69, 9.17) is 9.84 Å². The van der Waals surface area contributed by atoms with Crippen molar-refractivity contribution in [3.8, 4) is 5.88 Å². The van der Waals surface area contributed by atoms with Crippen LogP contribution in [0.2, 0.25) is 0 Å². The molecule has 0 fully saturated rings. The third-order valence-corrected chi connectivity index (χ3v) is 3.01. The van der Waals surface area contributed by atoms with E-state index >= 15 is 0 Å². The zero-order chi connectivity index (χ0) is 15.7. The van der Waals surface area contributed by atoms with Crippen molar-refractivity contribution in [2.75, 3.05) is 6.61 Å². The van der Waals surface area contributed by atoms with Crippen LogP contribution in [-0.4, -0.2) is 27.6 Å². The van der Waals surface area contributed by atoms with Crippen molar-refractivity contribution in [2.24, 2.45) is 0 Å². The van der Waals surface area contributed by atoms with E-state index in [9.17, 15) is 14.9 Å². The number of aromatic nitrogens is 1. The summed E-state index contributed by atoms with van der Waals surface area (Å²) >= 11 is 0. The number of nitro groups is 1. The maximum Gasteiger partial charge on any atom is 0.337 e. The number of carboxylic acid groups (broad SMARTS) is 1. The Hall–Kier alpha value is -2.18. The van der Waals surface area contributed by atoms with Gasteiger partial charge < -0.3 is 9.84 Å². The van der Waals surface area contributed by atoms with E-state index in [0.717, 1.165) is 31.5 Å². The first-order chi connectivity index (χ1) is 10.1. The van der Waals surface area contributed by atoms with E-state index in [1.54, 1.807) is 0 Å². The van der Waals surface area contributed by atoms with Gasteiger partial charge in [-0.3, -0.25) is 10.1 Å². The van der Waals surface area contributed by atoms with Gasteiger partial charge in [-0.2, -0.15) is 0 Å². The minimum Gasteiger partial charge on any atom is -0.478 e. The molecule has 116 valence electrons. The fraction of sp³-hybridized carbons (Fsp3) is 0.571. The standard InChI is InChI=1S/C14H20N2O5/c1-2-3-4-5-6-7-8-21-13-12(16(19)20)9-11(10-15-13)14(17)18/h9-10H,2-8H2,1H3,(H,17,18). The van der Waals surface area contributed by atoms with Crippen molar-refractivity contribution in [1.82, 2.24) is 4.98 Å². The van der Waals surface area contributed by atoms with Gasteiger partial charge in [0.15, 0.2) is 0 Å². The molecule has 1 aromatic rings. The normalized spacial score (nSPS) is 10.3. The molecule has 7 nitrogen and oxygen atoms in total. The SMILES string of the molecule is CCCCCCCCOc1ncc(C(=O)O)cc1[N+](=O)[O-]. The number of ether oxygens (including phenoxy) is 1. The van der Waals surface area contributed by atoms with Crippen molar-refractivity contribution < 1.29 is 19.6 Å². The molecule has 0 atom stereocenters. The number of nitrogens with zero attached hydrogens (tertiary/aromatic N) is 2. The summed E-state index contributed by atoms with van der Waals surface area (Å²) in [7, 11) is 0. The third-order valence-electron chi connectivity index (χ3n) is 3.01. The molecule has 0 spiro atoms. The van der Waals surface area contributed by atoms with Crippen LogP contribution >= 0.6 is 0 Å². The molecule has 1 rings (SSSR count). The van der Waals surface area contributed by atoms with Crippen molar-refractivity contribution in [1.29, 1.82) is 0 Å². The van der Waals surface area contributed by atoms with E-state index in [0.29, 0.717) is 6.61 Å². The highest BCUT2D eigenvalue weighted by Gasteiger charge is 2.20. The first kappa shape index (κ1) is 16.9. The molecule has 0 amide bonds. The second-order valence-electron chi connectivity index (χ2n) is 4.73. The lowest BCUT2D eigenvalue weighted by Crippen LogP contribution is -2.05. The number of unbranched alkanes of at least 4 members (excludes halogenated alkanes) is 5. The molecule has 0 unspecified atom stereocenters. The van der Waals surface area contributed by atoms with Crippen molar-refractivity contribution in [3.63, 3.8) is 0 Å². The lowest BCUT2D eigenvalue weighted by atomic mass is 10.1. The second kappa shape index (κ2) is 8.89. The van der Waals surface area contributed by atoms with Gasteiger partial charge in [0, 0.05) is 12.3 Å². The molecule has 0 aliphatic rings. The topological polar surface area (TPSA) is 103 Å². The van der Waals surface area contributed by atoms with Gasteiger partial charge in [-0.15, -0.1) is 0 Å². The third kappa shape index (κ3) is 5.76. The van der Waals surface area contributed by atoms with Crippen LogP contribution in [0.3, 0.4) is 0 Å². The highest BCUT2D eigenvalue weighted by Crippen LogP contribution is 2.25. The maximum atomic E-state index is 10.9. The molecule has 1 heterocycles. The highest BCUT2D eigenvalue weighted by atomic mass is 16.6. The first-order valence-electron chi connectivity index (χ1n) is 7.06. The Morgan fingerprint density at radius 3 is 2.62 bits per heavy atom. The van der Waals surface area contributed by atoms with Gasteiger partial charge in [0.2, 0.25) is 0 Å². The molecule has 1 N–H and O–H groups in total. The molecule has 21 heavy (non-hydrogen) atoms. The fourth-order valence-corrected chi connectivity index (χ4v) is 1.85. The smallest absolute Gasteiger partial charge is 0.337 e. The van der Waals surface area contributed by atoms with Crippen LogP contribution in [0.15, 0.2) is 12.3 Å². The van der Waals surface area contributed by atoms with Crippen molar-refractivity contribution >= 4 is 11.7 Å². The quantitative estimate of drug-likeness (QED) is 0.403. The Bertz CT molecular complexity index is 490. The van der Waals surface area contributed by atoms with Gasteiger partial charge in [-0.05, 0) is 6.42 Å². The molecular formula is C14H20N2O5. The Morgan fingerprint density at radius 1 is 1.33 bits per heavy atom. The van der Waals surface area contributed by atoms with Crippen LogP contribution in [0.4, 0.5) is 5.69 Å². The maximum absolute atomic E-state index is 10.9. The summed E-state index contributed by atoms with van der Waals surface area (Å²) in [4.78, 5) is 24.7. The number of rotatable bonds is 10. The monoisotopic (exact) mass is 296 g/mol. The van der Waals surface area contributed by atoms with Gasteiger partial charge in [-0.1, -0.05) is 39.0 Å². The molecule has 0 saturated heterocycles. The summed E-state index contributed by atoms with van der Waals surface area (Å²) in [5, 5.41) is 19.7. The Kier molecular flexibility index (Phi) is 7.14. The lowest BCUT2D eigenvalue weighted by molar-refractivity contribution is -0.386. The highest BCUT2D eigenvalue weighted by molar-refractivity contribution is 5.88. The van der Waals surface area contributed by atoms with E-state index in [-0.39, 0.29) is 11.4 Å². The van der Waals surface area contributed by atoms with Gasteiger partial charge in [0.25, 0.3) is 5.88 Å².